The Bertz CT molecular complexity index is 644. The highest BCUT2D eigenvalue weighted by Gasteiger charge is 2.20. The molecule has 1 saturated heterocycles. The van der Waals surface area contributed by atoms with Crippen LogP contribution in [0.1, 0.15) is 23.7 Å². The first-order chi connectivity index (χ1) is 9.65. The summed E-state index contributed by atoms with van der Waals surface area (Å²) in [6, 6.07) is 5.25. The summed E-state index contributed by atoms with van der Waals surface area (Å²) in [7, 11) is 0. The van der Waals surface area contributed by atoms with Crippen molar-refractivity contribution >= 4 is 5.69 Å². The zero-order valence-electron chi connectivity index (χ0n) is 11.2. The summed E-state index contributed by atoms with van der Waals surface area (Å²) in [6.45, 7) is 3.68. The van der Waals surface area contributed by atoms with E-state index in [1.807, 2.05) is 6.07 Å². The fourth-order valence-electron chi connectivity index (χ4n) is 2.55. The molecule has 1 aliphatic heterocycles. The minimum Gasteiger partial charge on any atom is -0.342 e. The van der Waals surface area contributed by atoms with Crippen LogP contribution in [0.25, 0.3) is 11.3 Å². The first-order valence-corrected chi connectivity index (χ1v) is 6.66. The van der Waals surface area contributed by atoms with Gasteiger partial charge in [0, 0.05) is 29.7 Å². The number of H-pyrrole nitrogens is 1. The molecule has 2 N–H and O–H groups in total. The van der Waals surface area contributed by atoms with E-state index in [-0.39, 0.29) is 10.6 Å². The van der Waals surface area contributed by atoms with Crippen LogP contribution in [0.3, 0.4) is 0 Å². The number of hydrogen-bond donors (Lipinski definition) is 2. The second-order valence-electron chi connectivity index (χ2n) is 5.13. The molecule has 0 amide bonds. The lowest BCUT2D eigenvalue weighted by atomic mass is 10.1. The van der Waals surface area contributed by atoms with Gasteiger partial charge < -0.3 is 10.3 Å². The predicted octanol–water partition coefficient (Wildman–Crippen LogP) is 2.37. The van der Waals surface area contributed by atoms with Gasteiger partial charge in [0.25, 0.3) is 5.69 Å². The van der Waals surface area contributed by atoms with Crippen molar-refractivity contribution < 1.29 is 4.92 Å². The quantitative estimate of drug-likeness (QED) is 0.663. The number of nitrogens with one attached hydrogen (secondary N) is 2. The molecule has 6 nitrogen and oxygen atoms in total. The second kappa shape index (κ2) is 5.05. The minimum atomic E-state index is -0.350. The molecule has 1 unspecified atom stereocenters. The average Bonchev–Trinajstić information content (AvgIpc) is 3.09. The monoisotopic (exact) mass is 272 g/mol. The fourth-order valence-corrected chi connectivity index (χ4v) is 2.55. The molecule has 1 aliphatic rings. The number of rotatable bonds is 3. The van der Waals surface area contributed by atoms with Crippen molar-refractivity contribution in [1.82, 2.24) is 15.3 Å². The van der Waals surface area contributed by atoms with Gasteiger partial charge >= 0.3 is 0 Å². The summed E-state index contributed by atoms with van der Waals surface area (Å²) in [6.07, 6.45) is 2.82. The van der Waals surface area contributed by atoms with E-state index in [2.05, 4.69) is 15.3 Å². The summed E-state index contributed by atoms with van der Waals surface area (Å²) < 4.78 is 0. The highest BCUT2D eigenvalue weighted by Crippen LogP contribution is 2.27. The van der Waals surface area contributed by atoms with E-state index in [1.165, 1.54) is 0 Å². The Balaban J connectivity index is 1.93. The molecule has 3 rings (SSSR count). The van der Waals surface area contributed by atoms with E-state index in [4.69, 9.17) is 0 Å². The maximum absolute atomic E-state index is 11.0. The highest BCUT2D eigenvalue weighted by molar-refractivity contribution is 5.63. The van der Waals surface area contributed by atoms with Crippen molar-refractivity contribution in [2.45, 2.75) is 19.3 Å². The molecule has 104 valence electrons. The third-order valence-corrected chi connectivity index (χ3v) is 3.76. The second-order valence-corrected chi connectivity index (χ2v) is 5.13. The van der Waals surface area contributed by atoms with Crippen molar-refractivity contribution in [3.05, 3.63) is 45.9 Å². The van der Waals surface area contributed by atoms with Gasteiger partial charge in [-0.2, -0.15) is 0 Å². The van der Waals surface area contributed by atoms with Gasteiger partial charge in [-0.3, -0.25) is 10.1 Å². The van der Waals surface area contributed by atoms with Crippen molar-refractivity contribution in [3.63, 3.8) is 0 Å². The first-order valence-electron chi connectivity index (χ1n) is 6.66. The van der Waals surface area contributed by atoms with Crippen LogP contribution in [0, 0.1) is 17.0 Å². The fraction of sp³-hybridized carbons (Fsp3) is 0.357. The Morgan fingerprint density at radius 2 is 2.30 bits per heavy atom. The Morgan fingerprint density at radius 3 is 3.00 bits per heavy atom. The topological polar surface area (TPSA) is 83.8 Å². The molecular formula is C14H16N4O2. The van der Waals surface area contributed by atoms with Crippen LogP contribution in [0.2, 0.25) is 0 Å². The third kappa shape index (κ3) is 2.30. The van der Waals surface area contributed by atoms with Crippen molar-refractivity contribution in [1.29, 1.82) is 0 Å². The van der Waals surface area contributed by atoms with Crippen molar-refractivity contribution in [2.24, 2.45) is 0 Å². The van der Waals surface area contributed by atoms with Crippen LogP contribution in [-0.2, 0) is 0 Å². The molecular weight excluding hydrogens is 256 g/mol. The molecule has 2 heterocycles. The average molecular weight is 272 g/mol. The van der Waals surface area contributed by atoms with Gasteiger partial charge in [0.15, 0.2) is 0 Å². The number of aryl methyl sites for hydroxylation is 1. The first kappa shape index (κ1) is 12.8. The van der Waals surface area contributed by atoms with E-state index in [0.29, 0.717) is 11.5 Å². The molecule has 1 aromatic carbocycles. The number of hydrogen-bond acceptors (Lipinski definition) is 4. The summed E-state index contributed by atoms with van der Waals surface area (Å²) >= 11 is 0. The molecule has 2 aromatic rings. The van der Waals surface area contributed by atoms with Crippen LogP contribution in [0.4, 0.5) is 5.69 Å². The standard InChI is InChI=1S/C14H16N4O2/c1-9-2-3-10(6-13(9)18(19)20)12-8-16-14(17-12)11-4-5-15-7-11/h2-3,6,8,11,15H,4-5,7H2,1H3,(H,16,17). The molecule has 1 atom stereocenters. The van der Waals surface area contributed by atoms with Gasteiger partial charge in [-0.05, 0) is 19.9 Å². The highest BCUT2D eigenvalue weighted by atomic mass is 16.6. The molecule has 1 fully saturated rings. The largest absolute Gasteiger partial charge is 0.342 e. The third-order valence-electron chi connectivity index (χ3n) is 3.76. The molecule has 1 aromatic heterocycles. The van der Waals surface area contributed by atoms with Crippen LogP contribution in [0.15, 0.2) is 24.4 Å². The predicted molar refractivity (Wildman–Crippen MR) is 75.6 cm³/mol. The number of aromatic nitrogens is 2. The zero-order valence-corrected chi connectivity index (χ0v) is 11.2. The lowest BCUT2D eigenvalue weighted by molar-refractivity contribution is -0.385. The van der Waals surface area contributed by atoms with Crippen LogP contribution in [0.5, 0.6) is 0 Å². The van der Waals surface area contributed by atoms with Crippen molar-refractivity contribution in [2.75, 3.05) is 13.1 Å². The number of aromatic amines is 1. The van der Waals surface area contributed by atoms with Crippen LogP contribution >= 0.6 is 0 Å². The SMILES string of the molecule is Cc1ccc(-c2cnc(C3CCNC3)[nH]2)cc1[N+](=O)[O-]. The van der Waals surface area contributed by atoms with Gasteiger partial charge in [0.05, 0.1) is 16.8 Å². The maximum atomic E-state index is 11.0. The van der Waals surface area contributed by atoms with E-state index in [1.54, 1.807) is 25.3 Å². The molecule has 20 heavy (non-hydrogen) atoms. The Labute approximate surface area is 116 Å². The van der Waals surface area contributed by atoms with Gasteiger partial charge in [0.1, 0.15) is 5.82 Å². The smallest absolute Gasteiger partial charge is 0.272 e. The maximum Gasteiger partial charge on any atom is 0.272 e. The molecule has 0 aliphatic carbocycles. The normalized spacial score (nSPS) is 18.4. The summed E-state index contributed by atoms with van der Waals surface area (Å²) in [5, 5.41) is 14.3. The van der Waals surface area contributed by atoms with Gasteiger partial charge in [-0.1, -0.05) is 12.1 Å². The number of nitro benzene ring substituents is 1. The minimum absolute atomic E-state index is 0.140. The Hall–Kier alpha value is -2.21. The molecule has 0 bridgehead atoms. The molecule has 0 saturated carbocycles. The molecule has 6 heteroatoms. The summed E-state index contributed by atoms with van der Waals surface area (Å²) in [5.41, 5.74) is 2.43. The van der Waals surface area contributed by atoms with E-state index < -0.39 is 0 Å². The zero-order chi connectivity index (χ0) is 14.1. The van der Waals surface area contributed by atoms with Crippen LogP contribution in [-0.4, -0.2) is 28.0 Å². The Morgan fingerprint density at radius 1 is 1.45 bits per heavy atom. The molecule has 0 radical (unpaired) electrons. The van der Waals surface area contributed by atoms with Gasteiger partial charge in [0.2, 0.25) is 0 Å². The van der Waals surface area contributed by atoms with E-state index >= 15 is 0 Å². The number of nitro groups is 1. The number of benzene rings is 1. The van der Waals surface area contributed by atoms with E-state index in [0.717, 1.165) is 36.6 Å². The van der Waals surface area contributed by atoms with E-state index in [9.17, 15) is 10.1 Å². The van der Waals surface area contributed by atoms with Gasteiger partial charge in [-0.15, -0.1) is 0 Å². The van der Waals surface area contributed by atoms with Crippen LogP contribution < -0.4 is 5.32 Å². The number of nitrogens with zero attached hydrogens (tertiary/aromatic N) is 2. The van der Waals surface area contributed by atoms with Gasteiger partial charge in [-0.25, -0.2) is 4.98 Å². The Kier molecular flexibility index (Phi) is 3.23. The van der Waals surface area contributed by atoms with Crippen molar-refractivity contribution in [3.8, 4) is 11.3 Å². The summed E-state index contributed by atoms with van der Waals surface area (Å²) in [4.78, 5) is 18.3. The molecule has 0 spiro atoms. The lowest BCUT2D eigenvalue weighted by Crippen LogP contribution is -2.08. The lowest BCUT2D eigenvalue weighted by Gasteiger charge is -2.04. The number of imidazole rings is 1. The summed E-state index contributed by atoms with van der Waals surface area (Å²) in [5.74, 6) is 1.36.